The highest BCUT2D eigenvalue weighted by Crippen LogP contribution is 2.24. The van der Waals surface area contributed by atoms with Crippen molar-refractivity contribution >= 4 is 15.7 Å². The summed E-state index contributed by atoms with van der Waals surface area (Å²) < 4.78 is 32.5. The third-order valence-electron chi connectivity index (χ3n) is 3.16. The molecule has 1 aromatic carbocycles. The summed E-state index contributed by atoms with van der Waals surface area (Å²) >= 11 is 0. The Morgan fingerprint density at radius 3 is 2.65 bits per heavy atom. The van der Waals surface area contributed by atoms with Crippen LogP contribution >= 0.6 is 0 Å². The maximum atomic E-state index is 12.4. The average Bonchev–Trinajstić information content (AvgIpc) is 2.87. The zero-order valence-electron chi connectivity index (χ0n) is 11.5. The fourth-order valence-electron chi connectivity index (χ4n) is 2.09. The molecule has 3 N–H and O–H groups in total. The number of anilines is 1. The molecular formula is C14H18N2O3S. The Hall–Kier alpha value is -1.79. The van der Waals surface area contributed by atoms with E-state index < -0.39 is 10.0 Å². The normalized spacial score (nSPS) is 11.7. The number of furan rings is 1. The Labute approximate surface area is 118 Å². The second-order valence-electron chi connectivity index (χ2n) is 4.65. The third kappa shape index (κ3) is 3.02. The number of nitrogens with two attached hydrogens (primary N) is 1. The van der Waals surface area contributed by atoms with Crippen LogP contribution in [0.3, 0.4) is 0 Å². The van der Waals surface area contributed by atoms with E-state index in [1.54, 1.807) is 38.3 Å². The molecule has 6 heteroatoms. The summed E-state index contributed by atoms with van der Waals surface area (Å²) in [5.74, 6) is 0.744. The van der Waals surface area contributed by atoms with Gasteiger partial charge in [-0.05, 0) is 43.2 Å². The molecule has 0 aliphatic heterocycles. The van der Waals surface area contributed by atoms with Gasteiger partial charge in [0.1, 0.15) is 5.76 Å². The highest BCUT2D eigenvalue weighted by atomic mass is 32.2. The second-order valence-corrected chi connectivity index (χ2v) is 6.36. The molecule has 5 nitrogen and oxygen atoms in total. The third-order valence-corrected chi connectivity index (χ3v) is 4.91. The lowest BCUT2D eigenvalue weighted by Gasteiger charge is -2.13. The van der Waals surface area contributed by atoms with E-state index in [9.17, 15) is 8.42 Å². The molecule has 0 saturated carbocycles. The molecule has 108 valence electrons. The number of hydrogen-bond acceptors (Lipinski definition) is 4. The number of sulfonamides is 1. The summed E-state index contributed by atoms with van der Waals surface area (Å²) in [5.41, 5.74) is 7.52. The summed E-state index contributed by atoms with van der Waals surface area (Å²) in [4.78, 5) is 0.261. The Morgan fingerprint density at radius 2 is 2.00 bits per heavy atom. The van der Waals surface area contributed by atoms with Crippen LogP contribution in [0.15, 0.2) is 39.8 Å². The van der Waals surface area contributed by atoms with Gasteiger partial charge in [-0.15, -0.1) is 0 Å². The summed E-state index contributed by atoms with van der Waals surface area (Å²) in [6.45, 7) is 3.75. The molecule has 0 bridgehead atoms. The predicted octanol–water partition coefficient (Wildman–Crippen LogP) is 2.00. The van der Waals surface area contributed by atoms with Gasteiger partial charge >= 0.3 is 0 Å². The number of aryl methyl sites for hydroxylation is 1. The first-order valence-electron chi connectivity index (χ1n) is 6.29. The van der Waals surface area contributed by atoms with Gasteiger partial charge in [0.25, 0.3) is 0 Å². The standard InChI is InChI=1S/C14H18N2O3S/c1-10-5-6-13(15)11(2)14(10)20(17,18)16-8-7-12-4-3-9-19-12/h3-6,9,16H,7-8,15H2,1-2H3. The quantitative estimate of drug-likeness (QED) is 0.826. The molecule has 0 aliphatic rings. The largest absolute Gasteiger partial charge is 0.469 e. The van der Waals surface area contributed by atoms with Crippen molar-refractivity contribution in [3.8, 4) is 0 Å². The summed E-state index contributed by atoms with van der Waals surface area (Å²) in [5, 5.41) is 0. The maximum absolute atomic E-state index is 12.4. The molecule has 0 radical (unpaired) electrons. The number of nitrogen functional groups attached to an aromatic ring is 1. The van der Waals surface area contributed by atoms with Gasteiger partial charge in [0, 0.05) is 18.7 Å². The topological polar surface area (TPSA) is 85.3 Å². The highest BCUT2D eigenvalue weighted by molar-refractivity contribution is 7.89. The molecule has 0 atom stereocenters. The summed E-state index contributed by atoms with van der Waals surface area (Å²) in [6, 6.07) is 7.01. The minimum absolute atomic E-state index is 0.261. The van der Waals surface area contributed by atoms with E-state index in [1.165, 1.54) is 0 Å². The second kappa shape index (κ2) is 5.68. The molecule has 1 aromatic heterocycles. The zero-order valence-corrected chi connectivity index (χ0v) is 12.3. The van der Waals surface area contributed by atoms with Gasteiger partial charge in [0.2, 0.25) is 10.0 Å². The van der Waals surface area contributed by atoms with E-state index in [2.05, 4.69) is 4.72 Å². The zero-order chi connectivity index (χ0) is 14.8. The molecule has 0 aliphatic carbocycles. The lowest BCUT2D eigenvalue weighted by atomic mass is 10.1. The Bertz CT molecular complexity index is 691. The maximum Gasteiger partial charge on any atom is 0.241 e. The van der Waals surface area contributed by atoms with Crippen molar-refractivity contribution in [2.24, 2.45) is 0 Å². The van der Waals surface area contributed by atoms with Crippen molar-refractivity contribution in [3.63, 3.8) is 0 Å². The van der Waals surface area contributed by atoms with Crippen molar-refractivity contribution in [2.75, 3.05) is 12.3 Å². The van der Waals surface area contributed by atoms with Gasteiger partial charge in [-0.3, -0.25) is 0 Å². The lowest BCUT2D eigenvalue weighted by Crippen LogP contribution is -2.27. The van der Waals surface area contributed by atoms with Crippen LogP contribution < -0.4 is 10.5 Å². The van der Waals surface area contributed by atoms with Gasteiger partial charge < -0.3 is 10.2 Å². The van der Waals surface area contributed by atoms with Crippen LogP contribution in [0.1, 0.15) is 16.9 Å². The predicted molar refractivity (Wildman–Crippen MR) is 77.9 cm³/mol. The number of benzene rings is 1. The van der Waals surface area contributed by atoms with Crippen LogP contribution in [-0.2, 0) is 16.4 Å². The number of rotatable bonds is 5. The van der Waals surface area contributed by atoms with Crippen molar-refractivity contribution < 1.29 is 12.8 Å². The van der Waals surface area contributed by atoms with Crippen molar-refractivity contribution in [1.29, 1.82) is 0 Å². The van der Waals surface area contributed by atoms with Crippen molar-refractivity contribution in [3.05, 3.63) is 47.4 Å². The van der Waals surface area contributed by atoms with Crippen LogP contribution in [0.2, 0.25) is 0 Å². The van der Waals surface area contributed by atoms with E-state index in [1.807, 2.05) is 6.07 Å². The molecule has 0 fully saturated rings. The van der Waals surface area contributed by atoms with Crippen LogP contribution in [0.25, 0.3) is 0 Å². The molecule has 0 spiro atoms. The van der Waals surface area contributed by atoms with E-state index in [0.29, 0.717) is 23.2 Å². The fraction of sp³-hybridized carbons (Fsp3) is 0.286. The first kappa shape index (κ1) is 14.6. The van der Waals surface area contributed by atoms with Crippen molar-refractivity contribution in [2.45, 2.75) is 25.2 Å². The lowest BCUT2D eigenvalue weighted by molar-refractivity contribution is 0.506. The first-order valence-corrected chi connectivity index (χ1v) is 7.78. The van der Waals surface area contributed by atoms with Gasteiger partial charge in [0.15, 0.2) is 0 Å². The fourth-order valence-corrected chi connectivity index (χ4v) is 3.62. The molecular weight excluding hydrogens is 276 g/mol. The molecule has 20 heavy (non-hydrogen) atoms. The summed E-state index contributed by atoms with van der Waals surface area (Å²) in [7, 11) is -3.57. The smallest absolute Gasteiger partial charge is 0.241 e. The SMILES string of the molecule is Cc1ccc(N)c(C)c1S(=O)(=O)NCCc1ccco1. The molecule has 0 unspecified atom stereocenters. The van der Waals surface area contributed by atoms with E-state index in [4.69, 9.17) is 10.2 Å². The number of nitrogens with one attached hydrogen (secondary N) is 1. The average molecular weight is 294 g/mol. The first-order chi connectivity index (χ1) is 9.42. The van der Waals surface area contributed by atoms with Crippen LogP contribution in [0, 0.1) is 13.8 Å². The molecule has 0 amide bonds. The minimum atomic E-state index is -3.57. The molecule has 0 saturated heterocycles. The Balaban J connectivity index is 2.16. The van der Waals surface area contributed by atoms with Crippen molar-refractivity contribution in [1.82, 2.24) is 4.72 Å². The number of hydrogen-bond donors (Lipinski definition) is 2. The minimum Gasteiger partial charge on any atom is -0.469 e. The Morgan fingerprint density at radius 1 is 1.25 bits per heavy atom. The van der Waals surface area contributed by atoms with Gasteiger partial charge in [0.05, 0.1) is 11.2 Å². The molecule has 2 aromatic rings. The van der Waals surface area contributed by atoms with Crippen LogP contribution in [0.5, 0.6) is 0 Å². The van der Waals surface area contributed by atoms with Gasteiger partial charge in [-0.1, -0.05) is 6.07 Å². The summed E-state index contributed by atoms with van der Waals surface area (Å²) in [6.07, 6.45) is 2.07. The van der Waals surface area contributed by atoms with Crippen LogP contribution in [0.4, 0.5) is 5.69 Å². The van der Waals surface area contributed by atoms with Gasteiger partial charge in [-0.25, -0.2) is 13.1 Å². The van der Waals surface area contributed by atoms with E-state index in [-0.39, 0.29) is 11.4 Å². The van der Waals surface area contributed by atoms with Gasteiger partial charge in [-0.2, -0.15) is 0 Å². The Kier molecular flexibility index (Phi) is 4.15. The monoisotopic (exact) mass is 294 g/mol. The van der Waals surface area contributed by atoms with E-state index in [0.717, 1.165) is 5.76 Å². The molecule has 2 rings (SSSR count). The molecule has 1 heterocycles. The van der Waals surface area contributed by atoms with Crippen LogP contribution in [-0.4, -0.2) is 15.0 Å². The van der Waals surface area contributed by atoms with E-state index >= 15 is 0 Å². The highest BCUT2D eigenvalue weighted by Gasteiger charge is 2.20.